The summed E-state index contributed by atoms with van der Waals surface area (Å²) in [4.78, 5) is 12.4. The van der Waals surface area contributed by atoms with E-state index in [1.807, 2.05) is 42.5 Å². The van der Waals surface area contributed by atoms with Crippen molar-refractivity contribution in [2.24, 2.45) is 0 Å². The fraction of sp³-hybridized carbons (Fsp3) is 0.316. The van der Waals surface area contributed by atoms with Crippen molar-refractivity contribution in [2.45, 2.75) is 38.1 Å². The molecule has 0 unspecified atom stereocenters. The summed E-state index contributed by atoms with van der Waals surface area (Å²) in [6, 6.07) is 18.4. The van der Waals surface area contributed by atoms with Gasteiger partial charge in [0.05, 0.1) is 0 Å². The molecule has 3 rings (SSSR count). The summed E-state index contributed by atoms with van der Waals surface area (Å²) in [7, 11) is 0. The van der Waals surface area contributed by atoms with Crippen molar-refractivity contribution in [1.82, 2.24) is 5.32 Å². The fourth-order valence-corrected chi connectivity index (χ4v) is 2.99. The molecule has 0 heterocycles. The van der Waals surface area contributed by atoms with Crippen LogP contribution < -0.4 is 5.32 Å². The lowest BCUT2D eigenvalue weighted by Crippen LogP contribution is -2.36. The standard InChI is InChI=1S/C19H21NO/c21-19(20-18-12-5-2-6-13-18)17-11-7-10-16(14-17)15-8-3-1-4-9-15/h1,3-4,7-11,14,18H,2,5-6,12-13H2,(H,20,21). The van der Waals surface area contributed by atoms with E-state index in [2.05, 4.69) is 17.4 Å². The predicted octanol–water partition coefficient (Wildman–Crippen LogP) is 4.42. The van der Waals surface area contributed by atoms with E-state index in [1.54, 1.807) is 0 Å². The molecule has 1 fully saturated rings. The average molecular weight is 279 g/mol. The number of benzene rings is 2. The van der Waals surface area contributed by atoms with E-state index < -0.39 is 0 Å². The highest BCUT2D eigenvalue weighted by Crippen LogP contribution is 2.21. The molecule has 0 aromatic heterocycles. The molecular weight excluding hydrogens is 258 g/mol. The van der Waals surface area contributed by atoms with Gasteiger partial charge in [-0.05, 0) is 36.1 Å². The van der Waals surface area contributed by atoms with Gasteiger partial charge < -0.3 is 5.32 Å². The lowest BCUT2D eigenvalue weighted by atomic mass is 9.95. The lowest BCUT2D eigenvalue weighted by Gasteiger charge is -2.22. The van der Waals surface area contributed by atoms with Gasteiger partial charge in [0.2, 0.25) is 0 Å². The van der Waals surface area contributed by atoms with E-state index >= 15 is 0 Å². The molecule has 108 valence electrons. The number of rotatable bonds is 3. The first-order valence-corrected chi connectivity index (χ1v) is 7.79. The minimum absolute atomic E-state index is 0.0553. The molecule has 0 spiro atoms. The number of nitrogens with one attached hydrogen (secondary N) is 1. The third-order valence-corrected chi connectivity index (χ3v) is 4.17. The van der Waals surface area contributed by atoms with Crippen molar-refractivity contribution < 1.29 is 4.79 Å². The van der Waals surface area contributed by atoms with Gasteiger partial charge in [0.15, 0.2) is 0 Å². The fourth-order valence-electron chi connectivity index (χ4n) is 2.99. The van der Waals surface area contributed by atoms with Crippen LogP contribution in [0.2, 0.25) is 0 Å². The van der Waals surface area contributed by atoms with Crippen molar-refractivity contribution in [1.29, 1.82) is 0 Å². The summed E-state index contributed by atoms with van der Waals surface area (Å²) in [6.45, 7) is 0. The average Bonchev–Trinajstić information content (AvgIpc) is 2.57. The highest BCUT2D eigenvalue weighted by Gasteiger charge is 2.16. The van der Waals surface area contributed by atoms with Crippen molar-refractivity contribution in [3.8, 4) is 11.1 Å². The number of hydrogen-bond acceptors (Lipinski definition) is 1. The molecule has 0 aliphatic heterocycles. The van der Waals surface area contributed by atoms with Crippen molar-refractivity contribution in [3.63, 3.8) is 0 Å². The van der Waals surface area contributed by atoms with Crippen molar-refractivity contribution in [3.05, 3.63) is 60.2 Å². The first-order valence-electron chi connectivity index (χ1n) is 7.79. The third kappa shape index (κ3) is 3.52. The van der Waals surface area contributed by atoms with E-state index in [1.165, 1.54) is 19.3 Å². The first kappa shape index (κ1) is 13.9. The zero-order valence-electron chi connectivity index (χ0n) is 12.2. The molecule has 0 bridgehead atoms. The van der Waals surface area contributed by atoms with Crippen LogP contribution >= 0.6 is 0 Å². The second-order valence-electron chi connectivity index (χ2n) is 5.76. The summed E-state index contributed by atoms with van der Waals surface area (Å²) in [5, 5.41) is 3.17. The van der Waals surface area contributed by atoms with Crippen LogP contribution in [0.3, 0.4) is 0 Å². The Morgan fingerprint density at radius 3 is 2.33 bits per heavy atom. The Morgan fingerprint density at radius 2 is 1.57 bits per heavy atom. The van der Waals surface area contributed by atoms with Gasteiger partial charge in [-0.2, -0.15) is 0 Å². The smallest absolute Gasteiger partial charge is 0.251 e. The van der Waals surface area contributed by atoms with Crippen molar-refractivity contribution >= 4 is 5.91 Å². The summed E-state index contributed by atoms with van der Waals surface area (Å²) >= 11 is 0. The zero-order valence-corrected chi connectivity index (χ0v) is 12.2. The zero-order chi connectivity index (χ0) is 14.5. The minimum atomic E-state index is 0.0553. The summed E-state index contributed by atoms with van der Waals surface area (Å²) in [5.74, 6) is 0.0553. The monoisotopic (exact) mass is 279 g/mol. The Balaban J connectivity index is 1.74. The maximum absolute atomic E-state index is 12.4. The van der Waals surface area contributed by atoms with Gasteiger partial charge in [0.25, 0.3) is 5.91 Å². The van der Waals surface area contributed by atoms with E-state index in [9.17, 15) is 4.79 Å². The molecular formula is C19H21NO. The van der Waals surface area contributed by atoms with Gasteiger partial charge in [0, 0.05) is 11.6 Å². The number of carbonyl (C=O) groups excluding carboxylic acids is 1. The van der Waals surface area contributed by atoms with Gasteiger partial charge in [-0.25, -0.2) is 0 Å². The highest BCUT2D eigenvalue weighted by atomic mass is 16.1. The first-order chi connectivity index (χ1) is 10.3. The molecule has 1 saturated carbocycles. The maximum Gasteiger partial charge on any atom is 0.251 e. The van der Waals surface area contributed by atoms with Crippen LogP contribution in [0.25, 0.3) is 11.1 Å². The number of amides is 1. The summed E-state index contributed by atoms with van der Waals surface area (Å²) in [5.41, 5.74) is 2.98. The van der Waals surface area contributed by atoms with Crippen LogP contribution in [-0.2, 0) is 0 Å². The van der Waals surface area contributed by atoms with E-state index in [0.29, 0.717) is 6.04 Å². The number of hydrogen-bond donors (Lipinski definition) is 1. The molecule has 1 aliphatic rings. The van der Waals surface area contributed by atoms with E-state index in [0.717, 1.165) is 29.5 Å². The van der Waals surface area contributed by atoms with Crippen LogP contribution in [0.1, 0.15) is 42.5 Å². The molecule has 1 amide bonds. The summed E-state index contributed by atoms with van der Waals surface area (Å²) < 4.78 is 0. The maximum atomic E-state index is 12.4. The van der Waals surface area contributed by atoms with Crippen LogP contribution in [0, 0.1) is 0 Å². The topological polar surface area (TPSA) is 29.1 Å². The Labute approximate surface area is 126 Å². The van der Waals surface area contributed by atoms with Gasteiger partial charge >= 0.3 is 0 Å². The van der Waals surface area contributed by atoms with Crippen molar-refractivity contribution in [2.75, 3.05) is 0 Å². The molecule has 21 heavy (non-hydrogen) atoms. The largest absolute Gasteiger partial charge is 0.349 e. The SMILES string of the molecule is O=C(NC1CCCCC1)c1cccc(-c2ccccc2)c1. The van der Waals surface area contributed by atoms with Crippen LogP contribution in [0.15, 0.2) is 54.6 Å². The number of carbonyl (C=O) groups is 1. The molecule has 0 saturated heterocycles. The Kier molecular flexibility index (Phi) is 4.34. The van der Waals surface area contributed by atoms with Gasteiger partial charge in [-0.3, -0.25) is 4.79 Å². The van der Waals surface area contributed by atoms with E-state index in [4.69, 9.17) is 0 Å². The molecule has 1 N–H and O–H groups in total. The van der Waals surface area contributed by atoms with E-state index in [-0.39, 0.29) is 5.91 Å². The molecule has 2 heteroatoms. The normalized spacial score (nSPS) is 15.6. The second kappa shape index (κ2) is 6.57. The highest BCUT2D eigenvalue weighted by molar-refractivity contribution is 5.95. The molecule has 2 aromatic rings. The minimum Gasteiger partial charge on any atom is -0.349 e. The lowest BCUT2D eigenvalue weighted by molar-refractivity contribution is 0.0928. The Morgan fingerprint density at radius 1 is 0.857 bits per heavy atom. The predicted molar refractivity (Wildman–Crippen MR) is 86.2 cm³/mol. The second-order valence-corrected chi connectivity index (χ2v) is 5.76. The molecule has 0 atom stereocenters. The van der Waals surface area contributed by atoms with Gasteiger partial charge in [-0.15, -0.1) is 0 Å². The van der Waals surface area contributed by atoms with Crippen LogP contribution in [0.4, 0.5) is 0 Å². The van der Waals surface area contributed by atoms with Gasteiger partial charge in [0.1, 0.15) is 0 Å². The van der Waals surface area contributed by atoms with Gasteiger partial charge in [-0.1, -0.05) is 61.7 Å². The molecule has 2 nitrogen and oxygen atoms in total. The molecule has 1 aliphatic carbocycles. The van der Waals surface area contributed by atoms with Crippen LogP contribution in [0.5, 0.6) is 0 Å². The molecule has 0 radical (unpaired) electrons. The quantitative estimate of drug-likeness (QED) is 0.885. The third-order valence-electron chi connectivity index (χ3n) is 4.17. The summed E-state index contributed by atoms with van der Waals surface area (Å²) in [6.07, 6.45) is 5.99. The Hall–Kier alpha value is -2.09. The Bertz CT molecular complexity index is 600. The molecule has 2 aromatic carbocycles. The van der Waals surface area contributed by atoms with Crippen LogP contribution in [-0.4, -0.2) is 11.9 Å².